The van der Waals surface area contributed by atoms with Gasteiger partial charge in [0.2, 0.25) is 0 Å². The lowest BCUT2D eigenvalue weighted by Crippen LogP contribution is -2.45. The number of hydrogen-bond donors (Lipinski definition) is 1. The number of piperidine rings is 1. The molecule has 1 aliphatic heterocycles. The van der Waals surface area contributed by atoms with Gasteiger partial charge in [0.25, 0.3) is 0 Å². The highest BCUT2D eigenvalue weighted by molar-refractivity contribution is 14.0. The Morgan fingerprint density at radius 1 is 1.38 bits per heavy atom. The average molecular weight is 402 g/mol. The van der Waals surface area contributed by atoms with E-state index in [-0.39, 0.29) is 24.0 Å². The molecule has 2 rings (SSSR count). The van der Waals surface area contributed by atoms with Crippen molar-refractivity contribution in [3.63, 3.8) is 0 Å². The SMILES string of the molecule is CCNC(=NCc1cccc(C)n1)N1CCC(C)CC1.I. The van der Waals surface area contributed by atoms with E-state index in [9.17, 15) is 0 Å². The largest absolute Gasteiger partial charge is 0.357 e. The van der Waals surface area contributed by atoms with Crippen molar-refractivity contribution in [2.45, 2.75) is 40.2 Å². The molecule has 21 heavy (non-hydrogen) atoms. The van der Waals surface area contributed by atoms with Crippen molar-refractivity contribution in [2.75, 3.05) is 19.6 Å². The molecule has 4 nitrogen and oxygen atoms in total. The Morgan fingerprint density at radius 3 is 2.71 bits per heavy atom. The fourth-order valence-electron chi connectivity index (χ4n) is 2.49. The van der Waals surface area contributed by atoms with Crippen LogP contribution in [0, 0.1) is 12.8 Å². The van der Waals surface area contributed by atoms with E-state index in [1.165, 1.54) is 12.8 Å². The third-order valence-corrected chi connectivity index (χ3v) is 3.75. The first-order chi connectivity index (χ1) is 9.69. The molecule has 0 spiro atoms. The van der Waals surface area contributed by atoms with Crippen LogP contribution >= 0.6 is 24.0 Å². The molecule has 1 saturated heterocycles. The Hall–Kier alpha value is -0.850. The van der Waals surface area contributed by atoms with E-state index in [1.807, 2.05) is 25.1 Å². The zero-order valence-electron chi connectivity index (χ0n) is 13.3. The van der Waals surface area contributed by atoms with Crippen LogP contribution in [0.25, 0.3) is 0 Å². The lowest BCUT2D eigenvalue weighted by molar-refractivity contribution is 0.273. The first-order valence-electron chi connectivity index (χ1n) is 7.65. The highest BCUT2D eigenvalue weighted by Crippen LogP contribution is 2.16. The maximum Gasteiger partial charge on any atom is 0.194 e. The van der Waals surface area contributed by atoms with Gasteiger partial charge in [-0.2, -0.15) is 0 Å². The predicted molar refractivity (Wildman–Crippen MR) is 99.2 cm³/mol. The van der Waals surface area contributed by atoms with Gasteiger partial charge in [0.1, 0.15) is 0 Å². The predicted octanol–water partition coefficient (Wildman–Crippen LogP) is 3.21. The first-order valence-corrected chi connectivity index (χ1v) is 7.65. The molecule has 0 amide bonds. The van der Waals surface area contributed by atoms with E-state index in [4.69, 9.17) is 4.99 Å². The summed E-state index contributed by atoms with van der Waals surface area (Å²) in [5.41, 5.74) is 2.08. The Kier molecular flexibility index (Phi) is 8.00. The lowest BCUT2D eigenvalue weighted by Gasteiger charge is -2.32. The minimum Gasteiger partial charge on any atom is -0.357 e. The highest BCUT2D eigenvalue weighted by atomic mass is 127. The molecule has 5 heteroatoms. The maximum absolute atomic E-state index is 4.74. The second-order valence-electron chi connectivity index (χ2n) is 5.61. The molecule has 2 heterocycles. The molecule has 118 valence electrons. The summed E-state index contributed by atoms with van der Waals surface area (Å²) in [7, 11) is 0. The van der Waals surface area contributed by atoms with Crippen LogP contribution in [0.1, 0.15) is 38.1 Å². The minimum atomic E-state index is 0. The van der Waals surface area contributed by atoms with Crippen molar-refractivity contribution in [1.29, 1.82) is 0 Å². The van der Waals surface area contributed by atoms with E-state index in [1.54, 1.807) is 0 Å². The number of aromatic nitrogens is 1. The Balaban J connectivity index is 0.00000220. The van der Waals surface area contributed by atoms with Crippen LogP contribution in [0.3, 0.4) is 0 Å². The molecule has 0 aromatic carbocycles. The van der Waals surface area contributed by atoms with Gasteiger partial charge >= 0.3 is 0 Å². The topological polar surface area (TPSA) is 40.5 Å². The number of rotatable bonds is 3. The fourth-order valence-corrected chi connectivity index (χ4v) is 2.49. The number of nitrogens with zero attached hydrogens (tertiary/aromatic N) is 3. The van der Waals surface area contributed by atoms with Crippen molar-refractivity contribution >= 4 is 29.9 Å². The summed E-state index contributed by atoms with van der Waals surface area (Å²) in [5, 5.41) is 3.40. The summed E-state index contributed by atoms with van der Waals surface area (Å²) in [5.74, 6) is 1.87. The number of nitrogens with one attached hydrogen (secondary N) is 1. The van der Waals surface area contributed by atoms with E-state index < -0.39 is 0 Å². The van der Waals surface area contributed by atoms with E-state index in [2.05, 4.69) is 29.0 Å². The summed E-state index contributed by atoms with van der Waals surface area (Å²) in [4.78, 5) is 11.6. The van der Waals surface area contributed by atoms with Crippen LogP contribution in [0.4, 0.5) is 0 Å². The molecule has 1 fully saturated rings. The zero-order chi connectivity index (χ0) is 14.4. The Bertz CT molecular complexity index is 453. The Morgan fingerprint density at radius 2 is 2.10 bits per heavy atom. The molecular weight excluding hydrogens is 375 g/mol. The average Bonchev–Trinajstić information content (AvgIpc) is 2.44. The van der Waals surface area contributed by atoms with E-state index in [0.717, 1.165) is 42.9 Å². The maximum atomic E-state index is 4.74. The summed E-state index contributed by atoms with van der Waals surface area (Å²) in [6.07, 6.45) is 2.51. The molecule has 1 aromatic rings. The van der Waals surface area contributed by atoms with E-state index in [0.29, 0.717) is 6.54 Å². The lowest BCUT2D eigenvalue weighted by atomic mass is 10.00. The summed E-state index contributed by atoms with van der Waals surface area (Å²) >= 11 is 0. The monoisotopic (exact) mass is 402 g/mol. The number of halogens is 1. The molecule has 1 aliphatic rings. The zero-order valence-corrected chi connectivity index (χ0v) is 15.6. The number of pyridine rings is 1. The quantitative estimate of drug-likeness (QED) is 0.480. The van der Waals surface area contributed by atoms with Crippen molar-refractivity contribution in [1.82, 2.24) is 15.2 Å². The fraction of sp³-hybridized carbons (Fsp3) is 0.625. The highest BCUT2D eigenvalue weighted by Gasteiger charge is 2.18. The van der Waals surface area contributed by atoms with Gasteiger partial charge in [-0.1, -0.05) is 13.0 Å². The van der Waals surface area contributed by atoms with Gasteiger partial charge < -0.3 is 10.2 Å². The van der Waals surface area contributed by atoms with Gasteiger partial charge in [-0.15, -0.1) is 24.0 Å². The summed E-state index contributed by atoms with van der Waals surface area (Å²) in [6, 6.07) is 6.10. The third kappa shape index (κ3) is 5.80. The van der Waals surface area contributed by atoms with Gasteiger partial charge in [0.15, 0.2) is 5.96 Å². The van der Waals surface area contributed by atoms with E-state index >= 15 is 0 Å². The normalized spacial score (nSPS) is 16.5. The molecule has 0 atom stereocenters. The number of guanidine groups is 1. The Labute approximate surface area is 145 Å². The number of aryl methyl sites for hydroxylation is 1. The third-order valence-electron chi connectivity index (χ3n) is 3.75. The van der Waals surface area contributed by atoms with Crippen molar-refractivity contribution in [3.05, 3.63) is 29.6 Å². The van der Waals surface area contributed by atoms with Crippen LogP contribution in [-0.2, 0) is 6.54 Å². The second kappa shape index (κ2) is 9.23. The number of hydrogen-bond acceptors (Lipinski definition) is 2. The van der Waals surface area contributed by atoms with Crippen LogP contribution < -0.4 is 5.32 Å². The van der Waals surface area contributed by atoms with Gasteiger partial charge in [0.05, 0.1) is 12.2 Å². The molecule has 0 radical (unpaired) electrons. The van der Waals surface area contributed by atoms with Crippen molar-refractivity contribution < 1.29 is 0 Å². The minimum absolute atomic E-state index is 0. The molecule has 1 N–H and O–H groups in total. The van der Waals surface area contributed by atoms with Gasteiger partial charge in [-0.05, 0) is 44.7 Å². The molecule has 1 aromatic heterocycles. The van der Waals surface area contributed by atoms with Gasteiger partial charge in [0, 0.05) is 25.3 Å². The van der Waals surface area contributed by atoms with Gasteiger partial charge in [-0.25, -0.2) is 4.99 Å². The molecule has 0 aliphatic carbocycles. The second-order valence-corrected chi connectivity index (χ2v) is 5.61. The smallest absolute Gasteiger partial charge is 0.194 e. The number of aliphatic imine (C=N–C) groups is 1. The number of likely N-dealkylation sites (tertiary alicyclic amines) is 1. The van der Waals surface area contributed by atoms with Crippen molar-refractivity contribution in [2.24, 2.45) is 10.9 Å². The standard InChI is InChI=1S/C16H26N4.HI/c1-4-17-16(20-10-8-13(2)9-11-20)18-12-15-7-5-6-14(3)19-15;/h5-7,13H,4,8-12H2,1-3H3,(H,17,18);1H. The summed E-state index contributed by atoms with van der Waals surface area (Å²) < 4.78 is 0. The van der Waals surface area contributed by atoms with Gasteiger partial charge in [-0.3, -0.25) is 4.98 Å². The first kappa shape index (κ1) is 18.2. The molecule has 0 bridgehead atoms. The van der Waals surface area contributed by atoms with Crippen LogP contribution in [0.2, 0.25) is 0 Å². The molecular formula is C16H27IN4. The van der Waals surface area contributed by atoms with Crippen LogP contribution in [0.15, 0.2) is 23.2 Å². The van der Waals surface area contributed by atoms with Crippen molar-refractivity contribution in [3.8, 4) is 0 Å². The molecule has 0 saturated carbocycles. The molecule has 0 unspecified atom stereocenters. The van der Waals surface area contributed by atoms with Crippen LogP contribution in [0.5, 0.6) is 0 Å². The summed E-state index contributed by atoms with van der Waals surface area (Å²) in [6.45, 7) is 10.2. The van der Waals surface area contributed by atoms with Crippen LogP contribution in [-0.4, -0.2) is 35.5 Å².